The van der Waals surface area contributed by atoms with Crippen molar-refractivity contribution >= 4 is 5.91 Å². The highest BCUT2D eigenvalue weighted by atomic mass is 16.3. The second kappa shape index (κ2) is 6.80. The van der Waals surface area contributed by atoms with Crippen molar-refractivity contribution in [2.45, 2.75) is 38.7 Å². The van der Waals surface area contributed by atoms with E-state index in [0.717, 1.165) is 25.9 Å². The Morgan fingerprint density at radius 1 is 1.40 bits per heavy atom. The van der Waals surface area contributed by atoms with E-state index in [1.165, 1.54) is 6.42 Å². The first-order chi connectivity index (χ1) is 7.20. The van der Waals surface area contributed by atoms with Crippen molar-refractivity contribution in [2.24, 2.45) is 0 Å². The summed E-state index contributed by atoms with van der Waals surface area (Å²) in [5.74, 6) is 0.243. The highest BCUT2D eigenvalue weighted by Crippen LogP contribution is 2.09. The maximum absolute atomic E-state index is 11.7. The van der Waals surface area contributed by atoms with Gasteiger partial charge in [-0.2, -0.15) is 0 Å². The second-order valence-corrected chi connectivity index (χ2v) is 4.24. The van der Waals surface area contributed by atoms with Crippen LogP contribution in [0.1, 0.15) is 32.6 Å². The van der Waals surface area contributed by atoms with Crippen LogP contribution in [0.4, 0.5) is 0 Å². The van der Waals surface area contributed by atoms with Crippen LogP contribution in [-0.2, 0) is 4.79 Å². The Labute approximate surface area is 91.6 Å². The zero-order valence-corrected chi connectivity index (χ0v) is 9.54. The van der Waals surface area contributed by atoms with Gasteiger partial charge in [0.05, 0.1) is 6.10 Å². The van der Waals surface area contributed by atoms with E-state index in [2.05, 4.69) is 5.32 Å². The van der Waals surface area contributed by atoms with Gasteiger partial charge < -0.3 is 15.3 Å². The molecule has 1 atom stereocenters. The van der Waals surface area contributed by atoms with Crippen molar-refractivity contribution in [2.75, 3.05) is 26.2 Å². The fourth-order valence-corrected chi connectivity index (χ4v) is 1.81. The third-order valence-electron chi connectivity index (χ3n) is 2.66. The summed E-state index contributed by atoms with van der Waals surface area (Å²) >= 11 is 0. The quantitative estimate of drug-likeness (QED) is 0.650. The molecular formula is C11H22N2O2. The van der Waals surface area contributed by atoms with Gasteiger partial charge in [0.15, 0.2) is 0 Å². The molecule has 0 bridgehead atoms. The summed E-state index contributed by atoms with van der Waals surface area (Å²) in [4.78, 5) is 13.6. The molecular weight excluding hydrogens is 192 g/mol. The Hall–Kier alpha value is -0.610. The number of hydrogen-bond donors (Lipinski definition) is 2. The van der Waals surface area contributed by atoms with Crippen LogP contribution in [0.2, 0.25) is 0 Å². The maximum atomic E-state index is 11.7. The van der Waals surface area contributed by atoms with Gasteiger partial charge in [-0.3, -0.25) is 4.79 Å². The number of hydrogen-bond acceptors (Lipinski definition) is 3. The molecule has 0 spiro atoms. The third-order valence-corrected chi connectivity index (χ3v) is 2.66. The smallest absolute Gasteiger partial charge is 0.223 e. The van der Waals surface area contributed by atoms with E-state index in [1.54, 1.807) is 6.92 Å². The molecule has 1 aliphatic rings. The van der Waals surface area contributed by atoms with Gasteiger partial charge in [0.2, 0.25) is 5.91 Å². The lowest BCUT2D eigenvalue weighted by Crippen LogP contribution is -2.37. The largest absolute Gasteiger partial charge is 0.392 e. The predicted molar refractivity (Wildman–Crippen MR) is 59.6 cm³/mol. The van der Waals surface area contributed by atoms with Crippen molar-refractivity contribution < 1.29 is 9.90 Å². The highest BCUT2D eigenvalue weighted by Gasteiger charge is 2.15. The second-order valence-electron chi connectivity index (χ2n) is 4.24. The van der Waals surface area contributed by atoms with Crippen molar-refractivity contribution in [3.63, 3.8) is 0 Å². The van der Waals surface area contributed by atoms with Crippen molar-refractivity contribution in [1.29, 1.82) is 0 Å². The number of nitrogens with zero attached hydrogens (tertiary/aromatic N) is 1. The number of nitrogens with one attached hydrogen (secondary N) is 1. The first-order valence-corrected chi connectivity index (χ1v) is 5.86. The number of likely N-dealkylation sites (tertiary alicyclic amines) is 1. The normalized spacial score (nSPS) is 18.9. The standard InChI is InChI=1S/C11H22N2O2/c1-10(14)9-12-6-5-11(15)13-7-3-2-4-8-13/h10,12,14H,2-9H2,1H3/t10-/m0/s1. The maximum Gasteiger partial charge on any atom is 0.223 e. The molecule has 2 N–H and O–H groups in total. The van der Waals surface area contributed by atoms with Gasteiger partial charge in [-0.15, -0.1) is 0 Å². The summed E-state index contributed by atoms with van der Waals surface area (Å²) in [6.45, 7) is 4.82. The van der Waals surface area contributed by atoms with E-state index in [9.17, 15) is 4.79 Å². The summed E-state index contributed by atoms with van der Waals surface area (Å²) in [6, 6.07) is 0. The molecule has 0 radical (unpaired) electrons. The van der Waals surface area contributed by atoms with Gasteiger partial charge in [-0.1, -0.05) is 0 Å². The minimum absolute atomic E-state index is 0.243. The minimum Gasteiger partial charge on any atom is -0.392 e. The molecule has 1 heterocycles. The molecule has 15 heavy (non-hydrogen) atoms. The number of piperidine rings is 1. The van der Waals surface area contributed by atoms with Crippen molar-refractivity contribution in [3.05, 3.63) is 0 Å². The van der Waals surface area contributed by atoms with E-state index in [4.69, 9.17) is 5.11 Å². The molecule has 0 aromatic carbocycles. The van der Waals surface area contributed by atoms with E-state index < -0.39 is 0 Å². The summed E-state index contributed by atoms with van der Waals surface area (Å²) in [5.41, 5.74) is 0. The molecule has 0 unspecified atom stereocenters. The first-order valence-electron chi connectivity index (χ1n) is 5.86. The molecule has 4 nitrogen and oxygen atoms in total. The predicted octanol–water partition coefficient (Wildman–Crippen LogP) is 0.359. The molecule has 0 aromatic heterocycles. The van der Waals surface area contributed by atoms with Crippen LogP contribution < -0.4 is 5.32 Å². The van der Waals surface area contributed by atoms with Gasteiger partial charge in [-0.05, 0) is 26.2 Å². The van der Waals surface area contributed by atoms with Gasteiger partial charge in [0, 0.05) is 32.6 Å². The fourth-order valence-electron chi connectivity index (χ4n) is 1.81. The van der Waals surface area contributed by atoms with E-state index >= 15 is 0 Å². The first kappa shape index (κ1) is 12.5. The number of aliphatic hydroxyl groups excluding tert-OH is 1. The number of rotatable bonds is 5. The zero-order chi connectivity index (χ0) is 11.1. The van der Waals surface area contributed by atoms with Crippen LogP contribution in [0.15, 0.2) is 0 Å². The summed E-state index contributed by atoms with van der Waals surface area (Å²) in [7, 11) is 0. The summed E-state index contributed by atoms with van der Waals surface area (Å²) in [6.07, 6.45) is 3.76. The van der Waals surface area contributed by atoms with Gasteiger partial charge in [-0.25, -0.2) is 0 Å². The SMILES string of the molecule is C[C@H](O)CNCCC(=O)N1CCCCC1. The van der Waals surface area contributed by atoms with Crippen LogP contribution in [0.25, 0.3) is 0 Å². The Balaban J connectivity index is 2.07. The lowest BCUT2D eigenvalue weighted by Gasteiger charge is -2.26. The average Bonchev–Trinajstić information content (AvgIpc) is 2.25. The number of amides is 1. The molecule has 1 aliphatic heterocycles. The topological polar surface area (TPSA) is 52.6 Å². The molecule has 4 heteroatoms. The fraction of sp³-hybridized carbons (Fsp3) is 0.909. The number of aliphatic hydroxyl groups is 1. The Kier molecular flexibility index (Phi) is 5.65. The molecule has 1 fully saturated rings. The number of carbonyl (C=O) groups excluding carboxylic acids is 1. The van der Waals surface area contributed by atoms with Crippen molar-refractivity contribution in [1.82, 2.24) is 10.2 Å². The molecule has 1 saturated heterocycles. The lowest BCUT2D eigenvalue weighted by atomic mass is 10.1. The highest BCUT2D eigenvalue weighted by molar-refractivity contribution is 5.76. The van der Waals surface area contributed by atoms with Gasteiger partial charge >= 0.3 is 0 Å². The van der Waals surface area contributed by atoms with Gasteiger partial charge in [0.1, 0.15) is 0 Å². The van der Waals surface area contributed by atoms with Crippen LogP contribution in [0, 0.1) is 0 Å². The summed E-state index contributed by atoms with van der Waals surface area (Å²) in [5, 5.41) is 12.1. The Bertz CT molecular complexity index is 189. The molecule has 1 amide bonds. The van der Waals surface area contributed by atoms with Crippen LogP contribution in [-0.4, -0.2) is 48.2 Å². The van der Waals surface area contributed by atoms with Crippen LogP contribution >= 0.6 is 0 Å². The molecule has 0 aromatic rings. The molecule has 0 aliphatic carbocycles. The summed E-state index contributed by atoms with van der Waals surface area (Å²) < 4.78 is 0. The van der Waals surface area contributed by atoms with Crippen molar-refractivity contribution in [3.8, 4) is 0 Å². The van der Waals surface area contributed by atoms with Crippen LogP contribution in [0.3, 0.4) is 0 Å². The van der Waals surface area contributed by atoms with E-state index in [1.807, 2.05) is 4.90 Å². The molecule has 1 rings (SSSR count). The number of carbonyl (C=O) groups is 1. The monoisotopic (exact) mass is 214 g/mol. The molecule has 88 valence electrons. The van der Waals surface area contributed by atoms with E-state index in [0.29, 0.717) is 19.5 Å². The van der Waals surface area contributed by atoms with Gasteiger partial charge in [0.25, 0.3) is 0 Å². The Morgan fingerprint density at radius 3 is 2.67 bits per heavy atom. The van der Waals surface area contributed by atoms with E-state index in [-0.39, 0.29) is 12.0 Å². The lowest BCUT2D eigenvalue weighted by molar-refractivity contribution is -0.132. The molecule has 0 saturated carbocycles. The Morgan fingerprint density at radius 2 is 2.07 bits per heavy atom. The average molecular weight is 214 g/mol. The minimum atomic E-state index is -0.338. The third kappa shape index (κ3) is 5.14. The van der Waals surface area contributed by atoms with Crippen LogP contribution in [0.5, 0.6) is 0 Å². The zero-order valence-electron chi connectivity index (χ0n) is 9.54.